The van der Waals surface area contributed by atoms with Gasteiger partial charge in [-0.15, -0.1) is 5.06 Å². The summed E-state index contributed by atoms with van der Waals surface area (Å²) in [4.78, 5) is 78.0. The number of rotatable bonds is 27. The van der Waals surface area contributed by atoms with Crippen molar-refractivity contribution in [2.45, 2.75) is 144 Å². The van der Waals surface area contributed by atoms with Gasteiger partial charge in [0.15, 0.2) is 24.5 Å². The number of nitrogens with one attached hydrogen (secondary N) is 7. The van der Waals surface area contributed by atoms with Crippen LogP contribution < -0.4 is 71.6 Å². The predicted octanol–water partition coefficient (Wildman–Crippen LogP) is -6.67. The van der Waals surface area contributed by atoms with Gasteiger partial charge in [-0.05, 0) is 57.9 Å². The molecule has 3 rings (SSSR count). The second-order valence-electron chi connectivity index (χ2n) is 15.8. The van der Waals surface area contributed by atoms with Crippen LogP contribution in [-0.2, 0) is 33.4 Å². The van der Waals surface area contributed by atoms with Gasteiger partial charge in [-0.1, -0.05) is 0 Å². The van der Waals surface area contributed by atoms with E-state index in [2.05, 4.69) is 42.2 Å². The summed E-state index contributed by atoms with van der Waals surface area (Å²) in [6.07, 6.45) is -3.25. The zero-order chi connectivity index (χ0) is 45.8. The molecule has 0 radical (unpaired) electrons. The Bertz CT molecular complexity index is 1500. The molecule has 0 aromatic heterocycles. The van der Waals surface area contributed by atoms with Gasteiger partial charge in [0.05, 0.1) is 13.3 Å². The number of aliphatic imine (C=N–C) groups is 1. The van der Waals surface area contributed by atoms with E-state index in [0.717, 1.165) is 11.5 Å². The summed E-state index contributed by atoms with van der Waals surface area (Å²) in [5.74, 6) is -1.66. The predicted molar refractivity (Wildman–Crippen MR) is 221 cm³/mol. The van der Waals surface area contributed by atoms with Crippen LogP contribution in [0.3, 0.4) is 0 Å². The molecule has 22 N–H and O–H groups in total. The molecule has 26 nitrogen and oxygen atoms in total. The zero-order valence-corrected chi connectivity index (χ0v) is 35.0. The highest BCUT2D eigenvalue weighted by Gasteiger charge is 2.49. The fourth-order valence-electron chi connectivity index (χ4n) is 7.13. The Morgan fingerprint density at radius 1 is 0.823 bits per heavy atom. The van der Waals surface area contributed by atoms with E-state index in [-0.39, 0.29) is 74.7 Å². The molecule has 354 valence electrons. The summed E-state index contributed by atoms with van der Waals surface area (Å²) >= 11 is 0. The quantitative estimate of drug-likeness (QED) is 0.0341. The lowest BCUT2D eigenvalue weighted by atomic mass is 9.95. The standard InChI is InChI=1S/C36H69N15O11/c37-9-1-5-19(38)13-24(53)43-10-2-6-20(39)14-25(54)44-11-3-7-21(40)15-26(55)45-12-4-8-22(41)16-27(56)47-28-30(57)31(62-35(42)59)23(17-52)61-34(28)50-36-48-29-32(49-36)51(60)18-46-33(29)58/h19-23,28-32,34,52,57,60H,1-18,37-41H2,(H2,42,59)(H,43,53)(H,44,54)(H,45,55)(H,46,58)(H,47,56)(H2,48,49,50)/t19?,20?,21?,22?,23-,28?,29?,30+,31+,32?,34-/m1/s1. The van der Waals surface area contributed by atoms with Gasteiger partial charge in [0.2, 0.25) is 29.5 Å². The molecule has 7 unspecified atom stereocenters. The Kier molecular flexibility index (Phi) is 22.4. The first-order valence-corrected chi connectivity index (χ1v) is 21.1. The van der Waals surface area contributed by atoms with E-state index in [1.807, 2.05) is 0 Å². The Balaban J connectivity index is 1.31. The first-order valence-electron chi connectivity index (χ1n) is 21.1. The van der Waals surface area contributed by atoms with Crippen molar-refractivity contribution in [2.75, 3.05) is 39.5 Å². The fraction of sp³-hybridized carbons (Fsp3) is 0.806. The maximum absolute atomic E-state index is 13.2. The molecule has 62 heavy (non-hydrogen) atoms. The number of nitrogens with zero attached hydrogens (tertiary/aromatic N) is 2. The van der Waals surface area contributed by atoms with Crippen LogP contribution in [0.25, 0.3) is 0 Å². The summed E-state index contributed by atoms with van der Waals surface area (Å²) in [6, 6.07) is -3.97. The second-order valence-corrected chi connectivity index (χ2v) is 15.8. The van der Waals surface area contributed by atoms with Crippen LogP contribution in [0.15, 0.2) is 4.99 Å². The summed E-state index contributed by atoms with van der Waals surface area (Å²) in [5, 5.41) is 51.2. The second kappa shape index (κ2) is 26.8. The lowest BCUT2D eigenvalue weighted by Crippen LogP contribution is -2.70. The fourth-order valence-corrected chi connectivity index (χ4v) is 7.13. The van der Waals surface area contributed by atoms with Crippen molar-refractivity contribution in [3.8, 4) is 0 Å². The summed E-state index contributed by atoms with van der Waals surface area (Å²) in [5.41, 5.74) is 35.0. The number of carbonyl (C=O) groups excluding carboxylic acids is 6. The molecular formula is C36H69N15O11. The van der Waals surface area contributed by atoms with Gasteiger partial charge < -0.3 is 96.5 Å². The molecule has 3 aliphatic heterocycles. The zero-order valence-electron chi connectivity index (χ0n) is 35.0. The molecular weight excluding hydrogens is 818 g/mol. The van der Waals surface area contributed by atoms with E-state index < -0.39 is 79.4 Å². The van der Waals surface area contributed by atoms with Crippen molar-refractivity contribution in [3.05, 3.63) is 0 Å². The van der Waals surface area contributed by atoms with E-state index in [4.69, 9.17) is 43.9 Å². The smallest absolute Gasteiger partial charge is 0.404 e. The monoisotopic (exact) mass is 888 g/mol. The number of fused-ring (bicyclic) bond motifs is 1. The number of guanidine groups is 1. The average molecular weight is 888 g/mol. The Morgan fingerprint density at radius 2 is 1.31 bits per heavy atom. The first kappa shape index (κ1) is 51.8. The number of aliphatic hydroxyl groups is 2. The molecule has 0 saturated carbocycles. The minimum Gasteiger partial charge on any atom is -0.441 e. The molecule has 0 bridgehead atoms. The lowest BCUT2D eigenvalue weighted by molar-refractivity contribution is -0.198. The molecule has 0 aromatic rings. The third-order valence-corrected chi connectivity index (χ3v) is 10.4. The number of ether oxygens (including phenoxy) is 2. The summed E-state index contributed by atoms with van der Waals surface area (Å²) in [7, 11) is 0. The van der Waals surface area contributed by atoms with Gasteiger partial charge in [0.1, 0.15) is 24.3 Å². The first-order chi connectivity index (χ1) is 29.5. The number of aliphatic hydroxyl groups excluding tert-OH is 2. The van der Waals surface area contributed by atoms with E-state index in [9.17, 15) is 44.2 Å². The van der Waals surface area contributed by atoms with Gasteiger partial charge in [0, 0.05) is 69.5 Å². The molecule has 2 saturated heterocycles. The van der Waals surface area contributed by atoms with Crippen LogP contribution in [0.4, 0.5) is 4.79 Å². The van der Waals surface area contributed by atoms with Crippen LogP contribution in [0, 0.1) is 0 Å². The third kappa shape index (κ3) is 18.1. The van der Waals surface area contributed by atoms with Crippen molar-refractivity contribution in [1.29, 1.82) is 0 Å². The Labute approximate surface area is 360 Å². The highest BCUT2D eigenvalue weighted by atomic mass is 16.6. The highest BCUT2D eigenvalue weighted by Crippen LogP contribution is 2.24. The topological polar surface area (TPSA) is 438 Å². The molecule has 11 atom stereocenters. The molecule has 0 aliphatic carbocycles. The van der Waals surface area contributed by atoms with Crippen molar-refractivity contribution >= 4 is 41.6 Å². The maximum Gasteiger partial charge on any atom is 0.404 e. The minimum absolute atomic E-state index is 0.0243. The highest BCUT2D eigenvalue weighted by molar-refractivity contribution is 5.93. The number of amides is 6. The van der Waals surface area contributed by atoms with Crippen LogP contribution in [-0.4, -0.2) is 168 Å². The number of primary amides is 1. The van der Waals surface area contributed by atoms with Crippen molar-refractivity contribution in [3.63, 3.8) is 0 Å². The van der Waals surface area contributed by atoms with Gasteiger partial charge >= 0.3 is 6.09 Å². The average Bonchev–Trinajstić information content (AvgIpc) is 3.64. The van der Waals surface area contributed by atoms with Gasteiger partial charge in [0.25, 0.3) is 0 Å². The van der Waals surface area contributed by atoms with Gasteiger partial charge in [-0.25, -0.2) is 9.79 Å². The summed E-state index contributed by atoms with van der Waals surface area (Å²) in [6.45, 7) is 0.740. The molecule has 0 spiro atoms. The van der Waals surface area contributed by atoms with Crippen molar-refractivity contribution in [1.82, 2.24) is 42.3 Å². The molecule has 3 aliphatic rings. The number of hydroxylamine groups is 2. The van der Waals surface area contributed by atoms with Gasteiger partial charge in [-0.3, -0.25) is 24.0 Å². The Hall–Kier alpha value is -4.51. The van der Waals surface area contributed by atoms with E-state index in [1.54, 1.807) is 0 Å². The Morgan fingerprint density at radius 3 is 1.76 bits per heavy atom. The molecule has 3 heterocycles. The molecule has 2 fully saturated rings. The molecule has 6 amide bonds. The van der Waals surface area contributed by atoms with Crippen molar-refractivity contribution in [2.24, 2.45) is 39.4 Å². The minimum atomic E-state index is -1.65. The van der Waals surface area contributed by atoms with E-state index in [0.29, 0.717) is 64.6 Å². The SMILES string of the molecule is NCCCC(N)CC(=O)NCCCC(N)CC(=O)NCCCC(N)CC(=O)NCCCC(N)CC(=O)NC1[C@H](NC2=NC3C(N2)C(=O)NCN3O)O[C@H](CO)[C@H](OC(N)=O)[C@H]1O. The van der Waals surface area contributed by atoms with Crippen LogP contribution in [0.2, 0.25) is 0 Å². The molecule has 0 aromatic carbocycles. The number of nitrogens with two attached hydrogens (primary N) is 6. The van der Waals surface area contributed by atoms with Crippen LogP contribution in [0.1, 0.15) is 77.0 Å². The summed E-state index contributed by atoms with van der Waals surface area (Å²) < 4.78 is 10.8. The number of carbonyl (C=O) groups is 6. The third-order valence-electron chi connectivity index (χ3n) is 10.4. The maximum atomic E-state index is 13.2. The normalized spacial score (nSPS) is 25.4. The van der Waals surface area contributed by atoms with Gasteiger partial charge in [-0.2, -0.15) is 0 Å². The van der Waals surface area contributed by atoms with Crippen LogP contribution >= 0.6 is 0 Å². The number of hydrogen-bond acceptors (Lipinski definition) is 20. The van der Waals surface area contributed by atoms with E-state index >= 15 is 0 Å². The lowest BCUT2D eigenvalue weighted by Gasteiger charge is -2.44. The molecule has 26 heteroatoms. The van der Waals surface area contributed by atoms with E-state index in [1.165, 1.54) is 0 Å². The number of hydrogen-bond donors (Lipinski definition) is 16. The van der Waals surface area contributed by atoms with Crippen molar-refractivity contribution < 1.29 is 53.7 Å². The largest absolute Gasteiger partial charge is 0.441 e. The van der Waals surface area contributed by atoms with Crippen LogP contribution in [0.5, 0.6) is 0 Å².